The Morgan fingerprint density at radius 2 is 1.95 bits per heavy atom. The predicted molar refractivity (Wildman–Crippen MR) is 104 cm³/mol. The van der Waals surface area contributed by atoms with Gasteiger partial charge in [0.05, 0.1) is 18.1 Å². The molecular formula is C14H31IN4O2S. The summed E-state index contributed by atoms with van der Waals surface area (Å²) >= 11 is 0. The van der Waals surface area contributed by atoms with E-state index < -0.39 is 9.84 Å². The molecule has 6 nitrogen and oxygen atoms in total. The first-order chi connectivity index (χ1) is 9.91. The number of halogens is 1. The molecule has 0 bridgehead atoms. The minimum Gasteiger partial charge on any atom is -0.357 e. The van der Waals surface area contributed by atoms with Gasteiger partial charge in [0.1, 0.15) is 0 Å². The van der Waals surface area contributed by atoms with Crippen molar-refractivity contribution < 1.29 is 8.42 Å². The van der Waals surface area contributed by atoms with Crippen LogP contribution in [0.2, 0.25) is 0 Å². The predicted octanol–water partition coefficient (Wildman–Crippen LogP) is 1.08. The molecule has 2 atom stereocenters. The number of rotatable bonds is 7. The van der Waals surface area contributed by atoms with Gasteiger partial charge in [0.15, 0.2) is 15.8 Å². The van der Waals surface area contributed by atoms with E-state index in [9.17, 15) is 8.42 Å². The molecule has 0 aromatic heterocycles. The van der Waals surface area contributed by atoms with Gasteiger partial charge >= 0.3 is 0 Å². The number of nitrogens with zero attached hydrogens (tertiary/aromatic N) is 2. The summed E-state index contributed by atoms with van der Waals surface area (Å²) in [6.07, 6.45) is 0.665. The second-order valence-electron chi connectivity index (χ2n) is 5.53. The fourth-order valence-corrected chi connectivity index (χ4v) is 4.28. The number of hydrogen-bond donors (Lipinski definition) is 2. The van der Waals surface area contributed by atoms with Crippen LogP contribution in [0.4, 0.5) is 0 Å². The Morgan fingerprint density at radius 3 is 2.41 bits per heavy atom. The molecule has 1 aliphatic rings. The van der Waals surface area contributed by atoms with Gasteiger partial charge in [-0.1, -0.05) is 13.8 Å². The molecule has 1 aliphatic heterocycles. The number of aliphatic imine (C=N–C) groups is 1. The molecule has 0 spiro atoms. The first-order valence-electron chi connectivity index (χ1n) is 7.91. The Balaban J connectivity index is 0.00000441. The molecule has 0 aliphatic carbocycles. The molecule has 132 valence electrons. The highest BCUT2D eigenvalue weighted by atomic mass is 127. The molecule has 2 N–H and O–H groups in total. The van der Waals surface area contributed by atoms with Crippen LogP contribution >= 0.6 is 24.0 Å². The van der Waals surface area contributed by atoms with Gasteiger partial charge in [-0.2, -0.15) is 0 Å². The number of likely N-dealkylation sites (N-methyl/N-ethyl adjacent to an activating group) is 1. The van der Waals surface area contributed by atoms with Gasteiger partial charge in [0, 0.05) is 18.6 Å². The summed E-state index contributed by atoms with van der Waals surface area (Å²) in [7, 11) is -2.86. The van der Waals surface area contributed by atoms with Crippen LogP contribution in [0.1, 0.15) is 34.1 Å². The SMILES string of the molecule is CCNC(=NCC(C)N(CC)CC)NC1CCS(=O)(=O)C1.I. The molecule has 2 unspecified atom stereocenters. The van der Waals surface area contributed by atoms with E-state index in [1.165, 1.54) is 0 Å². The first-order valence-corrected chi connectivity index (χ1v) is 9.73. The van der Waals surface area contributed by atoms with Gasteiger partial charge < -0.3 is 10.6 Å². The lowest BCUT2D eigenvalue weighted by atomic mass is 10.2. The van der Waals surface area contributed by atoms with Crippen molar-refractivity contribution in [1.82, 2.24) is 15.5 Å². The molecule has 8 heteroatoms. The Hall–Kier alpha value is -0.0900. The smallest absolute Gasteiger partial charge is 0.191 e. The zero-order valence-electron chi connectivity index (χ0n) is 14.1. The third-order valence-electron chi connectivity index (χ3n) is 3.87. The molecule has 1 saturated heterocycles. The van der Waals surface area contributed by atoms with E-state index >= 15 is 0 Å². The molecule has 0 amide bonds. The second-order valence-corrected chi connectivity index (χ2v) is 7.76. The minimum absolute atomic E-state index is 0. The summed E-state index contributed by atoms with van der Waals surface area (Å²) in [6, 6.07) is 0.360. The first kappa shape index (κ1) is 21.9. The van der Waals surface area contributed by atoms with Crippen molar-refractivity contribution in [3.63, 3.8) is 0 Å². The molecule has 22 heavy (non-hydrogen) atoms. The standard InChI is InChI=1S/C14H30N4O2S.HI/c1-5-15-14(16-10-12(4)18(6-2)7-3)17-13-8-9-21(19,20)11-13;/h12-13H,5-11H2,1-4H3,(H2,15,16,17);1H. The molecule has 1 heterocycles. The summed E-state index contributed by atoms with van der Waals surface area (Å²) in [6.45, 7) is 12.0. The van der Waals surface area contributed by atoms with Crippen molar-refractivity contribution >= 4 is 39.8 Å². The normalized spacial score (nSPS) is 22.2. The second kappa shape index (κ2) is 10.6. The number of sulfone groups is 1. The third-order valence-corrected chi connectivity index (χ3v) is 5.63. The van der Waals surface area contributed by atoms with E-state index in [0.717, 1.165) is 25.6 Å². The van der Waals surface area contributed by atoms with Crippen LogP contribution in [0, 0.1) is 0 Å². The van der Waals surface area contributed by atoms with Gasteiger partial charge in [-0.25, -0.2) is 8.42 Å². The van der Waals surface area contributed by atoms with Crippen LogP contribution < -0.4 is 10.6 Å². The van der Waals surface area contributed by atoms with Crippen molar-refractivity contribution in [2.45, 2.75) is 46.2 Å². The van der Waals surface area contributed by atoms with Crippen LogP contribution in [0.5, 0.6) is 0 Å². The lowest BCUT2D eigenvalue weighted by Gasteiger charge is -2.25. The largest absolute Gasteiger partial charge is 0.357 e. The van der Waals surface area contributed by atoms with E-state index in [1.54, 1.807) is 0 Å². The van der Waals surface area contributed by atoms with E-state index in [0.29, 0.717) is 19.0 Å². The van der Waals surface area contributed by atoms with Gasteiger partial charge in [0.25, 0.3) is 0 Å². The average Bonchev–Trinajstić information content (AvgIpc) is 2.77. The average molecular weight is 446 g/mol. The van der Waals surface area contributed by atoms with Crippen LogP contribution in [0.3, 0.4) is 0 Å². The summed E-state index contributed by atoms with van der Waals surface area (Å²) in [5.41, 5.74) is 0. The zero-order chi connectivity index (χ0) is 15.9. The van der Waals surface area contributed by atoms with Crippen molar-refractivity contribution in [3.8, 4) is 0 Å². The summed E-state index contributed by atoms with van der Waals surface area (Å²) < 4.78 is 23.0. The van der Waals surface area contributed by atoms with Crippen LogP contribution in [-0.4, -0.2) is 69.0 Å². The highest BCUT2D eigenvalue weighted by Crippen LogP contribution is 2.11. The topological polar surface area (TPSA) is 73.8 Å². The molecular weight excluding hydrogens is 415 g/mol. The monoisotopic (exact) mass is 446 g/mol. The molecule has 0 aromatic rings. The van der Waals surface area contributed by atoms with Crippen LogP contribution in [0.25, 0.3) is 0 Å². The highest BCUT2D eigenvalue weighted by molar-refractivity contribution is 14.0. The highest BCUT2D eigenvalue weighted by Gasteiger charge is 2.28. The maximum Gasteiger partial charge on any atom is 0.191 e. The van der Waals surface area contributed by atoms with E-state index in [2.05, 4.69) is 41.3 Å². The number of nitrogens with one attached hydrogen (secondary N) is 2. The fourth-order valence-electron chi connectivity index (χ4n) is 2.61. The Labute approximate surface area is 152 Å². The number of hydrogen-bond acceptors (Lipinski definition) is 4. The van der Waals surface area contributed by atoms with Gasteiger partial charge in [-0.05, 0) is 33.4 Å². The van der Waals surface area contributed by atoms with E-state index in [4.69, 9.17) is 0 Å². The summed E-state index contributed by atoms with van der Waals surface area (Å²) in [5.74, 6) is 1.21. The van der Waals surface area contributed by atoms with E-state index in [-0.39, 0.29) is 41.5 Å². The molecule has 0 aromatic carbocycles. The molecule has 0 saturated carbocycles. The lowest BCUT2D eigenvalue weighted by Crippen LogP contribution is -2.45. The Kier molecular flexibility index (Phi) is 10.6. The van der Waals surface area contributed by atoms with Gasteiger partial charge in [0.2, 0.25) is 0 Å². The lowest BCUT2D eigenvalue weighted by molar-refractivity contribution is 0.237. The van der Waals surface area contributed by atoms with Crippen molar-refractivity contribution in [1.29, 1.82) is 0 Å². The molecule has 1 fully saturated rings. The van der Waals surface area contributed by atoms with E-state index in [1.807, 2.05) is 6.92 Å². The van der Waals surface area contributed by atoms with Crippen LogP contribution in [0.15, 0.2) is 4.99 Å². The zero-order valence-corrected chi connectivity index (χ0v) is 17.3. The third kappa shape index (κ3) is 7.45. The number of guanidine groups is 1. The summed E-state index contributed by atoms with van der Waals surface area (Å²) in [5, 5.41) is 6.44. The van der Waals surface area contributed by atoms with Crippen molar-refractivity contribution in [2.75, 3.05) is 37.7 Å². The van der Waals surface area contributed by atoms with Crippen molar-refractivity contribution in [2.24, 2.45) is 4.99 Å². The summed E-state index contributed by atoms with van der Waals surface area (Å²) in [4.78, 5) is 6.95. The molecule has 1 rings (SSSR count). The van der Waals surface area contributed by atoms with Crippen molar-refractivity contribution in [3.05, 3.63) is 0 Å². The fraction of sp³-hybridized carbons (Fsp3) is 0.929. The quantitative estimate of drug-likeness (QED) is 0.348. The maximum absolute atomic E-state index is 11.5. The Morgan fingerprint density at radius 1 is 1.32 bits per heavy atom. The maximum atomic E-state index is 11.5. The van der Waals surface area contributed by atoms with Crippen LogP contribution in [-0.2, 0) is 9.84 Å². The van der Waals surface area contributed by atoms with Gasteiger partial charge in [-0.15, -0.1) is 24.0 Å². The van der Waals surface area contributed by atoms with Gasteiger partial charge in [-0.3, -0.25) is 9.89 Å². The minimum atomic E-state index is -2.86. The molecule has 0 radical (unpaired) electrons. The Bertz CT molecular complexity index is 438.